The zero-order valence-corrected chi connectivity index (χ0v) is 14.1. The van der Waals surface area contributed by atoms with Crippen molar-refractivity contribution in [3.8, 4) is 22.6 Å². The molecule has 2 nitrogen and oxygen atoms in total. The van der Waals surface area contributed by atoms with Gasteiger partial charge in [0.1, 0.15) is 5.69 Å². The van der Waals surface area contributed by atoms with Crippen molar-refractivity contribution in [1.29, 1.82) is 0 Å². The molecule has 0 fully saturated rings. The van der Waals surface area contributed by atoms with E-state index in [-0.39, 0.29) is 0 Å². The standard InChI is InChI=1S/C18H15Cl2NO/c1-10-16(11(2)18(20)12(3)17(10)19)14-9-15(22-21-14)13-7-5-4-6-8-13/h4-9H,1-3H3. The number of rotatable bonds is 2. The number of nitrogens with zero attached hydrogens (tertiary/aromatic N) is 1. The van der Waals surface area contributed by atoms with Crippen molar-refractivity contribution in [2.45, 2.75) is 20.8 Å². The van der Waals surface area contributed by atoms with E-state index >= 15 is 0 Å². The van der Waals surface area contributed by atoms with Crippen molar-refractivity contribution in [2.24, 2.45) is 0 Å². The largest absolute Gasteiger partial charge is 0.356 e. The summed E-state index contributed by atoms with van der Waals surface area (Å²) < 4.78 is 5.49. The minimum absolute atomic E-state index is 0.676. The highest BCUT2D eigenvalue weighted by Gasteiger charge is 2.19. The Morgan fingerprint density at radius 3 is 2.05 bits per heavy atom. The molecule has 2 aromatic carbocycles. The molecule has 0 aliphatic carbocycles. The Balaban J connectivity index is 2.16. The molecule has 0 aliphatic rings. The molecule has 4 heteroatoms. The van der Waals surface area contributed by atoms with Crippen molar-refractivity contribution < 1.29 is 4.52 Å². The first-order valence-corrected chi connectivity index (χ1v) is 7.73. The van der Waals surface area contributed by atoms with E-state index in [2.05, 4.69) is 5.16 Å². The minimum atomic E-state index is 0.676. The predicted molar refractivity (Wildman–Crippen MR) is 91.6 cm³/mol. The zero-order chi connectivity index (χ0) is 15.9. The summed E-state index contributed by atoms with van der Waals surface area (Å²) >= 11 is 12.8. The molecule has 3 rings (SSSR count). The van der Waals surface area contributed by atoms with E-state index < -0.39 is 0 Å². The van der Waals surface area contributed by atoms with E-state index in [9.17, 15) is 0 Å². The predicted octanol–water partition coefficient (Wildman–Crippen LogP) is 6.24. The first-order valence-electron chi connectivity index (χ1n) is 6.98. The number of halogens is 2. The first-order chi connectivity index (χ1) is 10.5. The molecule has 22 heavy (non-hydrogen) atoms. The average Bonchev–Trinajstić information content (AvgIpc) is 3.02. The second kappa shape index (κ2) is 5.79. The van der Waals surface area contributed by atoms with E-state index in [0.717, 1.165) is 39.3 Å². The molecule has 0 aliphatic heterocycles. The van der Waals surface area contributed by atoms with Gasteiger partial charge in [-0.1, -0.05) is 58.7 Å². The van der Waals surface area contributed by atoms with E-state index in [1.807, 2.05) is 57.2 Å². The number of aromatic nitrogens is 1. The van der Waals surface area contributed by atoms with E-state index in [1.54, 1.807) is 0 Å². The van der Waals surface area contributed by atoms with E-state index in [1.165, 1.54) is 0 Å². The molecular weight excluding hydrogens is 317 g/mol. The van der Waals surface area contributed by atoms with Crippen molar-refractivity contribution in [1.82, 2.24) is 5.16 Å². The van der Waals surface area contributed by atoms with Crippen molar-refractivity contribution in [3.63, 3.8) is 0 Å². The van der Waals surface area contributed by atoms with Gasteiger partial charge in [0.05, 0.1) is 0 Å². The van der Waals surface area contributed by atoms with Gasteiger partial charge in [0.15, 0.2) is 5.76 Å². The van der Waals surface area contributed by atoms with Gasteiger partial charge < -0.3 is 4.52 Å². The van der Waals surface area contributed by atoms with Gasteiger partial charge in [-0.15, -0.1) is 0 Å². The second-order valence-electron chi connectivity index (χ2n) is 5.32. The fraction of sp³-hybridized carbons (Fsp3) is 0.167. The third kappa shape index (κ3) is 2.43. The smallest absolute Gasteiger partial charge is 0.167 e. The number of hydrogen-bond acceptors (Lipinski definition) is 2. The Hall–Kier alpha value is -1.77. The number of hydrogen-bond donors (Lipinski definition) is 0. The van der Waals surface area contributed by atoms with Crippen LogP contribution in [-0.4, -0.2) is 5.16 Å². The van der Waals surface area contributed by atoms with Crippen LogP contribution in [0.3, 0.4) is 0 Å². The Bertz CT molecular complexity index is 809. The molecule has 0 amide bonds. The SMILES string of the molecule is Cc1c(Cl)c(C)c(-c2cc(-c3ccccc3)on2)c(C)c1Cl. The highest BCUT2D eigenvalue weighted by atomic mass is 35.5. The molecule has 0 radical (unpaired) electrons. The molecule has 0 saturated carbocycles. The molecule has 1 heterocycles. The second-order valence-corrected chi connectivity index (χ2v) is 6.08. The van der Waals surface area contributed by atoms with E-state index in [0.29, 0.717) is 10.0 Å². The van der Waals surface area contributed by atoms with Crippen LogP contribution in [0, 0.1) is 20.8 Å². The molecule has 0 N–H and O–H groups in total. The highest BCUT2D eigenvalue weighted by Crippen LogP contribution is 2.39. The van der Waals surface area contributed by atoms with Crippen LogP contribution in [-0.2, 0) is 0 Å². The minimum Gasteiger partial charge on any atom is -0.356 e. The van der Waals surface area contributed by atoms with Crippen LogP contribution in [0.4, 0.5) is 0 Å². The lowest BCUT2D eigenvalue weighted by Crippen LogP contribution is -1.94. The normalized spacial score (nSPS) is 11.0. The topological polar surface area (TPSA) is 26.0 Å². The van der Waals surface area contributed by atoms with Gasteiger partial charge >= 0.3 is 0 Å². The highest BCUT2D eigenvalue weighted by molar-refractivity contribution is 6.37. The Morgan fingerprint density at radius 1 is 0.864 bits per heavy atom. The monoisotopic (exact) mass is 331 g/mol. The van der Waals surface area contributed by atoms with Crippen LogP contribution >= 0.6 is 23.2 Å². The first kappa shape index (κ1) is 15.1. The van der Waals surface area contributed by atoms with Crippen LogP contribution in [0.5, 0.6) is 0 Å². The zero-order valence-electron chi connectivity index (χ0n) is 12.6. The van der Waals surface area contributed by atoms with Gasteiger partial charge in [0.25, 0.3) is 0 Å². The lowest BCUT2D eigenvalue weighted by molar-refractivity contribution is 0.435. The van der Waals surface area contributed by atoms with Gasteiger partial charge in [-0.05, 0) is 37.5 Å². The summed E-state index contributed by atoms with van der Waals surface area (Å²) in [6.07, 6.45) is 0. The Labute approximate surface area is 139 Å². The van der Waals surface area contributed by atoms with Gasteiger partial charge in [0.2, 0.25) is 0 Å². The van der Waals surface area contributed by atoms with Crippen LogP contribution in [0.15, 0.2) is 40.9 Å². The van der Waals surface area contributed by atoms with Crippen LogP contribution < -0.4 is 0 Å². The molecular formula is C18H15Cl2NO. The number of benzene rings is 2. The van der Waals surface area contributed by atoms with E-state index in [4.69, 9.17) is 27.7 Å². The third-order valence-corrected chi connectivity index (χ3v) is 5.03. The lowest BCUT2D eigenvalue weighted by atomic mass is 9.96. The van der Waals surface area contributed by atoms with Crippen LogP contribution in [0.2, 0.25) is 10.0 Å². The quantitative estimate of drug-likeness (QED) is 0.555. The molecule has 0 spiro atoms. The summed E-state index contributed by atoms with van der Waals surface area (Å²) in [5.41, 5.74) is 5.50. The van der Waals surface area contributed by atoms with Crippen molar-refractivity contribution in [2.75, 3.05) is 0 Å². The fourth-order valence-corrected chi connectivity index (χ4v) is 3.10. The summed E-state index contributed by atoms with van der Waals surface area (Å²) in [5, 5.41) is 5.56. The third-order valence-electron chi connectivity index (χ3n) is 3.89. The summed E-state index contributed by atoms with van der Waals surface area (Å²) in [5.74, 6) is 0.724. The maximum absolute atomic E-state index is 6.39. The van der Waals surface area contributed by atoms with Gasteiger partial charge in [-0.25, -0.2) is 0 Å². The van der Waals surface area contributed by atoms with Crippen molar-refractivity contribution in [3.05, 3.63) is 63.1 Å². The van der Waals surface area contributed by atoms with Crippen LogP contribution in [0.25, 0.3) is 22.6 Å². The molecule has 0 atom stereocenters. The summed E-state index contributed by atoms with van der Waals surface area (Å²) in [7, 11) is 0. The summed E-state index contributed by atoms with van der Waals surface area (Å²) in [6.45, 7) is 5.88. The molecule has 1 aromatic heterocycles. The lowest BCUT2D eigenvalue weighted by Gasteiger charge is -2.14. The Morgan fingerprint density at radius 2 is 1.45 bits per heavy atom. The van der Waals surface area contributed by atoms with Gasteiger partial charge in [-0.3, -0.25) is 0 Å². The van der Waals surface area contributed by atoms with Gasteiger partial charge in [0, 0.05) is 27.2 Å². The molecule has 0 saturated heterocycles. The summed E-state index contributed by atoms with van der Waals surface area (Å²) in [6, 6.07) is 11.8. The maximum atomic E-state index is 6.39. The molecule has 0 unspecified atom stereocenters. The van der Waals surface area contributed by atoms with Crippen molar-refractivity contribution >= 4 is 23.2 Å². The van der Waals surface area contributed by atoms with Gasteiger partial charge in [-0.2, -0.15) is 0 Å². The molecule has 3 aromatic rings. The fourth-order valence-electron chi connectivity index (χ4n) is 2.68. The average molecular weight is 332 g/mol. The maximum Gasteiger partial charge on any atom is 0.167 e. The molecule has 0 bridgehead atoms. The summed E-state index contributed by atoms with van der Waals surface area (Å²) in [4.78, 5) is 0. The molecule has 112 valence electrons. The Kier molecular flexibility index (Phi) is 3.98. The van der Waals surface area contributed by atoms with Crippen LogP contribution in [0.1, 0.15) is 16.7 Å².